The molecule has 158 valence electrons. The maximum absolute atomic E-state index is 12.7. The number of benzene rings is 1. The van der Waals surface area contributed by atoms with Crippen LogP contribution in [-0.4, -0.2) is 60.2 Å². The van der Waals surface area contributed by atoms with E-state index in [1.54, 1.807) is 0 Å². The van der Waals surface area contributed by atoms with E-state index in [9.17, 15) is 14.4 Å². The van der Waals surface area contributed by atoms with E-state index >= 15 is 0 Å². The van der Waals surface area contributed by atoms with Crippen molar-refractivity contribution >= 4 is 23.4 Å². The molecule has 29 heavy (non-hydrogen) atoms. The summed E-state index contributed by atoms with van der Waals surface area (Å²) >= 11 is 0. The third-order valence-corrected chi connectivity index (χ3v) is 6.02. The molecule has 2 aliphatic heterocycles. The van der Waals surface area contributed by atoms with Gasteiger partial charge < -0.3 is 16.0 Å². The number of rotatable bonds is 7. The summed E-state index contributed by atoms with van der Waals surface area (Å²) in [5.41, 5.74) is 6.07. The molecule has 3 amide bonds. The van der Waals surface area contributed by atoms with Crippen LogP contribution in [0, 0.1) is 11.8 Å². The fraction of sp³-hybridized carbons (Fsp3) is 0.591. The van der Waals surface area contributed by atoms with Gasteiger partial charge in [-0.05, 0) is 56.7 Å². The van der Waals surface area contributed by atoms with Crippen LogP contribution in [-0.2, 0) is 14.4 Å². The Hall–Kier alpha value is -2.41. The van der Waals surface area contributed by atoms with Gasteiger partial charge in [-0.3, -0.25) is 19.3 Å². The fourth-order valence-electron chi connectivity index (χ4n) is 4.33. The third-order valence-electron chi connectivity index (χ3n) is 6.02. The topological polar surface area (TPSA) is 95.7 Å². The number of nitrogens with one attached hydrogen (secondary N) is 1. The Bertz CT molecular complexity index is 701. The number of likely N-dealkylation sites (tertiary alicyclic amines) is 2. The second kappa shape index (κ2) is 10.4. The first kappa shape index (κ1) is 21.3. The summed E-state index contributed by atoms with van der Waals surface area (Å²) in [7, 11) is 0. The zero-order valence-electron chi connectivity index (χ0n) is 17.0. The SMILES string of the molecule is NC(=O)CCC1CCCN(CC(=O)N2CCC(C(=O)Nc3ccccc3)CC2)C1. The van der Waals surface area contributed by atoms with E-state index in [1.807, 2.05) is 35.2 Å². The quantitative estimate of drug-likeness (QED) is 0.730. The summed E-state index contributed by atoms with van der Waals surface area (Å²) in [5, 5.41) is 2.96. The summed E-state index contributed by atoms with van der Waals surface area (Å²) in [6, 6.07) is 9.48. The van der Waals surface area contributed by atoms with Crippen LogP contribution in [0.25, 0.3) is 0 Å². The lowest BCUT2D eigenvalue weighted by Crippen LogP contribution is -2.47. The van der Waals surface area contributed by atoms with Crippen molar-refractivity contribution in [2.45, 2.75) is 38.5 Å². The molecule has 2 fully saturated rings. The number of piperidine rings is 2. The van der Waals surface area contributed by atoms with Crippen LogP contribution in [0.4, 0.5) is 5.69 Å². The van der Waals surface area contributed by atoms with Gasteiger partial charge in [0.2, 0.25) is 17.7 Å². The van der Waals surface area contributed by atoms with Crippen LogP contribution in [0.1, 0.15) is 38.5 Å². The van der Waals surface area contributed by atoms with Crippen molar-refractivity contribution in [1.29, 1.82) is 0 Å². The number of amides is 3. The van der Waals surface area contributed by atoms with Gasteiger partial charge in [0.05, 0.1) is 6.54 Å². The highest BCUT2D eigenvalue weighted by Crippen LogP contribution is 2.22. The molecule has 2 heterocycles. The Labute approximate surface area is 172 Å². The molecule has 2 aliphatic rings. The summed E-state index contributed by atoms with van der Waals surface area (Å²) in [6.07, 6.45) is 4.78. The molecule has 0 saturated carbocycles. The highest BCUT2D eigenvalue weighted by atomic mass is 16.2. The van der Waals surface area contributed by atoms with Gasteiger partial charge in [-0.15, -0.1) is 0 Å². The number of hydrogen-bond donors (Lipinski definition) is 2. The van der Waals surface area contributed by atoms with E-state index in [1.165, 1.54) is 0 Å². The first-order valence-electron chi connectivity index (χ1n) is 10.7. The molecule has 0 aromatic heterocycles. The van der Waals surface area contributed by atoms with Crippen LogP contribution in [0.15, 0.2) is 30.3 Å². The first-order valence-corrected chi connectivity index (χ1v) is 10.7. The zero-order valence-corrected chi connectivity index (χ0v) is 17.0. The molecule has 0 bridgehead atoms. The van der Waals surface area contributed by atoms with Gasteiger partial charge in [-0.2, -0.15) is 0 Å². The minimum Gasteiger partial charge on any atom is -0.370 e. The minimum absolute atomic E-state index is 0.0385. The number of nitrogens with zero attached hydrogens (tertiary/aromatic N) is 2. The molecule has 1 aromatic carbocycles. The van der Waals surface area contributed by atoms with Gasteiger partial charge in [0, 0.05) is 37.7 Å². The van der Waals surface area contributed by atoms with E-state index in [2.05, 4.69) is 10.2 Å². The standard InChI is InChI=1S/C22H32N4O3/c23-20(27)9-8-17-5-4-12-25(15-17)16-21(28)26-13-10-18(11-14-26)22(29)24-19-6-2-1-3-7-19/h1-3,6-7,17-18H,4-5,8-16H2,(H2,23,27)(H,24,29). The lowest BCUT2D eigenvalue weighted by molar-refractivity contribution is -0.136. The average Bonchev–Trinajstić information content (AvgIpc) is 2.73. The summed E-state index contributed by atoms with van der Waals surface area (Å²) in [5.74, 6) is 0.320. The van der Waals surface area contributed by atoms with E-state index in [-0.39, 0.29) is 23.6 Å². The molecule has 0 spiro atoms. The van der Waals surface area contributed by atoms with Crippen molar-refractivity contribution in [3.05, 3.63) is 30.3 Å². The summed E-state index contributed by atoms with van der Waals surface area (Å²) in [6.45, 7) is 3.47. The number of hydrogen-bond acceptors (Lipinski definition) is 4. The van der Waals surface area contributed by atoms with Crippen LogP contribution < -0.4 is 11.1 Å². The fourth-order valence-corrected chi connectivity index (χ4v) is 4.33. The third kappa shape index (κ3) is 6.56. The highest BCUT2D eigenvalue weighted by Gasteiger charge is 2.29. The highest BCUT2D eigenvalue weighted by molar-refractivity contribution is 5.92. The van der Waals surface area contributed by atoms with E-state index < -0.39 is 0 Å². The molecule has 0 aliphatic carbocycles. The Kier molecular flexibility index (Phi) is 7.63. The van der Waals surface area contributed by atoms with Crippen molar-refractivity contribution in [1.82, 2.24) is 9.80 Å². The largest absolute Gasteiger partial charge is 0.370 e. The smallest absolute Gasteiger partial charge is 0.236 e. The number of nitrogens with two attached hydrogens (primary N) is 1. The molecule has 7 heteroatoms. The van der Waals surface area contributed by atoms with Gasteiger partial charge in [0.1, 0.15) is 0 Å². The normalized spacial score (nSPS) is 21.0. The number of carbonyl (C=O) groups excluding carboxylic acids is 3. The predicted octanol–water partition coefficient (Wildman–Crippen LogP) is 1.84. The summed E-state index contributed by atoms with van der Waals surface area (Å²) < 4.78 is 0. The van der Waals surface area contributed by atoms with Gasteiger partial charge in [0.25, 0.3) is 0 Å². The van der Waals surface area contributed by atoms with Crippen LogP contribution >= 0.6 is 0 Å². The van der Waals surface area contributed by atoms with Gasteiger partial charge in [-0.25, -0.2) is 0 Å². The van der Waals surface area contributed by atoms with E-state index in [4.69, 9.17) is 5.73 Å². The van der Waals surface area contributed by atoms with E-state index in [0.717, 1.165) is 38.0 Å². The molecule has 0 radical (unpaired) electrons. The van der Waals surface area contributed by atoms with Crippen LogP contribution in [0.3, 0.4) is 0 Å². The molecule has 3 N–H and O–H groups in total. The lowest BCUT2D eigenvalue weighted by atomic mass is 9.93. The van der Waals surface area contributed by atoms with Gasteiger partial charge >= 0.3 is 0 Å². The Balaban J connectivity index is 1.40. The zero-order chi connectivity index (χ0) is 20.6. The molecule has 7 nitrogen and oxygen atoms in total. The van der Waals surface area contributed by atoms with Crippen LogP contribution in [0.5, 0.6) is 0 Å². The van der Waals surface area contributed by atoms with Crippen molar-refractivity contribution in [2.24, 2.45) is 17.6 Å². The lowest BCUT2D eigenvalue weighted by Gasteiger charge is -2.36. The maximum Gasteiger partial charge on any atom is 0.236 e. The molecule has 1 atom stereocenters. The van der Waals surface area contributed by atoms with Gasteiger partial charge in [0.15, 0.2) is 0 Å². The van der Waals surface area contributed by atoms with Crippen molar-refractivity contribution in [2.75, 3.05) is 38.0 Å². The Morgan fingerprint density at radius 1 is 1.03 bits per heavy atom. The predicted molar refractivity (Wildman–Crippen MR) is 112 cm³/mol. The van der Waals surface area contributed by atoms with Crippen molar-refractivity contribution in [3.8, 4) is 0 Å². The monoisotopic (exact) mass is 400 g/mol. The molecular formula is C22H32N4O3. The number of anilines is 1. The molecule has 1 aromatic rings. The van der Waals surface area contributed by atoms with Gasteiger partial charge in [-0.1, -0.05) is 18.2 Å². The summed E-state index contributed by atoms with van der Waals surface area (Å²) in [4.78, 5) is 40.3. The molecular weight excluding hydrogens is 368 g/mol. The second-order valence-electron chi connectivity index (χ2n) is 8.26. The number of para-hydroxylation sites is 1. The minimum atomic E-state index is -0.252. The van der Waals surface area contributed by atoms with Crippen molar-refractivity contribution < 1.29 is 14.4 Å². The number of primary amides is 1. The molecule has 2 saturated heterocycles. The molecule has 1 unspecified atom stereocenters. The Morgan fingerprint density at radius 2 is 1.76 bits per heavy atom. The van der Waals surface area contributed by atoms with Crippen molar-refractivity contribution in [3.63, 3.8) is 0 Å². The maximum atomic E-state index is 12.7. The average molecular weight is 401 g/mol. The first-order chi connectivity index (χ1) is 14.0. The van der Waals surface area contributed by atoms with Crippen LogP contribution in [0.2, 0.25) is 0 Å². The second-order valence-corrected chi connectivity index (χ2v) is 8.26. The van der Waals surface area contributed by atoms with E-state index in [0.29, 0.717) is 44.8 Å². The Morgan fingerprint density at radius 3 is 2.45 bits per heavy atom. The molecule has 3 rings (SSSR count). The number of carbonyl (C=O) groups is 3.